The number of hydrogen-bond acceptors (Lipinski definition) is 4. The van der Waals surface area contributed by atoms with E-state index in [9.17, 15) is 13.2 Å². The second kappa shape index (κ2) is 7.03. The second-order valence-corrected chi connectivity index (χ2v) is 8.21. The molecule has 0 saturated heterocycles. The normalized spacial score (nSPS) is 11.3. The van der Waals surface area contributed by atoms with Gasteiger partial charge >= 0.3 is 0 Å². The fraction of sp³-hybridized carbons (Fsp3) is 0. The molecule has 0 aliphatic carbocycles. The number of carbonyl (C=O) groups excluding carboxylic acids is 1. The van der Waals surface area contributed by atoms with Crippen LogP contribution < -0.4 is 5.32 Å². The Bertz CT molecular complexity index is 1030. The highest BCUT2D eigenvalue weighted by Gasteiger charge is 2.23. The first kappa shape index (κ1) is 17.7. The van der Waals surface area contributed by atoms with Gasteiger partial charge in [-0.15, -0.1) is 0 Å². The lowest BCUT2D eigenvalue weighted by Gasteiger charge is -2.05. The summed E-state index contributed by atoms with van der Waals surface area (Å²) in [5.41, 5.74) is 0.405. The topological polar surface area (TPSA) is 76.4 Å². The Labute approximate surface area is 157 Å². The van der Waals surface area contributed by atoms with E-state index < -0.39 is 15.7 Å². The predicted octanol–water partition coefficient (Wildman–Crippen LogP) is 4.78. The smallest absolute Gasteiger partial charge is 0.291 e. The molecule has 3 rings (SSSR count). The fourth-order valence-electron chi connectivity index (χ4n) is 2.06. The van der Waals surface area contributed by atoms with E-state index in [1.807, 2.05) is 0 Å². The standard InChI is InChI=1S/C17H11BrClNO4S/c18-11-5-7-12(8-6-11)25(22,23)16-10-9-15(24-16)17(21)20-14-4-2-1-3-13(14)19/h1-10H,(H,20,21). The third-order valence-corrected chi connectivity index (χ3v) is 5.82. The minimum atomic E-state index is -3.84. The average Bonchev–Trinajstić information content (AvgIpc) is 3.08. The Balaban J connectivity index is 1.85. The molecule has 8 heteroatoms. The summed E-state index contributed by atoms with van der Waals surface area (Å²) < 4.78 is 31.1. The van der Waals surface area contributed by atoms with E-state index in [4.69, 9.17) is 16.0 Å². The molecule has 0 spiro atoms. The van der Waals surface area contributed by atoms with Gasteiger partial charge in [-0.25, -0.2) is 8.42 Å². The van der Waals surface area contributed by atoms with Crippen LogP contribution in [0.3, 0.4) is 0 Å². The largest absolute Gasteiger partial charge is 0.439 e. The van der Waals surface area contributed by atoms with Crippen LogP contribution in [0.1, 0.15) is 10.6 Å². The lowest BCUT2D eigenvalue weighted by molar-refractivity contribution is 0.0991. The molecule has 0 bridgehead atoms. The minimum absolute atomic E-state index is 0.0723. The van der Waals surface area contributed by atoms with E-state index in [2.05, 4.69) is 21.2 Å². The first-order valence-corrected chi connectivity index (χ1v) is 9.70. The van der Waals surface area contributed by atoms with Crippen LogP contribution in [0.15, 0.2) is 79.5 Å². The summed E-state index contributed by atoms with van der Waals surface area (Å²) in [4.78, 5) is 12.3. The molecular formula is C17H11BrClNO4S. The van der Waals surface area contributed by atoms with Crippen molar-refractivity contribution in [1.29, 1.82) is 0 Å². The Morgan fingerprint density at radius 1 is 1.00 bits per heavy atom. The molecule has 128 valence electrons. The van der Waals surface area contributed by atoms with Gasteiger partial charge in [0.05, 0.1) is 15.6 Å². The maximum atomic E-state index is 12.5. The molecule has 0 radical (unpaired) electrons. The van der Waals surface area contributed by atoms with Crippen LogP contribution >= 0.6 is 27.5 Å². The van der Waals surface area contributed by atoms with Crippen molar-refractivity contribution in [3.63, 3.8) is 0 Å². The van der Waals surface area contributed by atoms with Gasteiger partial charge < -0.3 is 9.73 Å². The first-order chi connectivity index (χ1) is 11.9. The Kier molecular flexibility index (Phi) is 4.99. The quantitative estimate of drug-likeness (QED) is 0.633. The van der Waals surface area contributed by atoms with Gasteiger partial charge in [0.15, 0.2) is 5.76 Å². The number of amides is 1. The average molecular weight is 441 g/mol. The van der Waals surface area contributed by atoms with E-state index in [1.54, 1.807) is 36.4 Å². The lowest BCUT2D eigenvalue weighted by atomic mass is 10.3. The Hall–Kier alpha value is -2.09. The third kappa shape index (κ3) is 3.78. The molecule has 0 unspecified atom stereocenters. The number of para-hydroxylation sites is 1. The summed E-state index contributed by atoms with van der Waals surface area (Å²) in [5.74, 6) is -0.721. The zero-order chi connectivity index (χ0) is 18.0. The number of halogens is 2. The van der Waals surface area contributed by atoms with Gasteiger partial charge in [-0.3, -0.25) is 4.79 Å². The molecule has 1 amide bonds. The number of hydrogen-bond donors (Lipinski definition) is 1. The highest BCUT2D eigenvalue weighted by Crippen LogP contribution is 2.26. The van der Waals surface area contributed by atoms with Crippen LogP contribution in [0, 0.1) is 0 Å². The van der Waals surface area contributed by atoms with Gasteiger partial charge in [-0.2, -0.15) is 0 Å². The van der Waals surface area contributed by atoms with Crippen molar-refractivity contribution in [1.82, 2.24) is 0 Å². The number of benzene rings is 2. The maximum absolute atomic E-state index is 12.5. The van der Waals surface area contributed by atoms with Crippen LogP contribution in [0.4, 0.5) is 5.69 Å². The lowest BCUT2D eigenvalue weighted by Crippen LogP contribution is -2.11. The molecule has 5 nitrogen and oxygen atoms in total. The van der Waals surface area contributed by atoms with Crippen molar-refractivity contribution in [2.45, 2.75) is 9.99 Å². The molecule has 1 heterocycles. The molecule has 0 saturated carbocycles. The number of furan rings is 1. The van der Waals surface area contributed by atoms with Crippen LogP contribution in [0.25, 0.3) is 0 Å². The van der Waals surface area contributed by atoms with Crippen molar-refractivity contribution in [2.75, 3.05) is 5.32 Å². The zero-order valence-corrected chi connectivity index (χ0v) is 15.7. The van der Waals surface area contributed by atoms with Gasteiger partial charge in [0, 0.05) is 4.47 Å². The van der Waals surface area contributed by atoms with Gasteiger partial charge in [0.25, 0.3) is 5.91 Å². The number of rotatable bonds is 4. The molecule has 0 atom stereocenters. The van der Waals surface area contributed by atoms with E-state index in [1.165, 1.54) is 24.3 Å². The molecule has 1 aromatic heterocycles. The van der Waals surface area contributed by atoms with Crippen molar-refractivity contribution in [3.8, 4) is 0 Å². The Morgan fingerprint density at radius 2 is 1.68 bits per heavy atom. The summed E-state index contributed by atoms with van der Waals surface area (Å²) in [5, 5.41) is 2.63. The fourth-order valence-corrected chi connectivity index (χ4v) is 3.68. The van der Waals surface area contributed by atoms with E-state index in [-0.39, 0.29) is 15.7 Å². The van der Waals surface area contributed by atoms with Crippen LogP contribution in [0.2, 0.25) is 5.02 Å². The van der Waals surface area contributed by atoms with Crippen molar-refractivity contribution in [2.24, 2.45) is 0 Å². The molecule has 2 aromatic carbocycles. The number of carbonyl (C=O) groups is 1. The molecule has 1 N–H and O–H groups in total. The Morgan fingerprint density at radius 3 is 2.36 bits per heavy atom. The minimum Gasteiger partial charge on any atom is -0.439 e. The van der Waals surface area contributed by atoms with E-state index in [0.29, 0.717) is 10.7 Å². The molecule has 0 aliphatic heterocycles. The molecule has 3 aromatic rings. The van der Waals surface area contributed by atoms with Gasteiger partial charge in [0.1, 0.15) is 0 Å². The summed E-state index contributed by atoms with van der Waals surface area (Å²) in [7, 11) is -3.84. The monoisotopic (exact) mass is 439 g/mol. The van der Waals surface area contributed by atoms with Crippen molar-refractivity contribution in [3.05, 3.63) is 75.9 Å². The first-order valence-electron chi connectivity index (χ1n) is 7.04. The predicted molar refractivity (Wildman–Crippen MR) is 97.7 cm³/mol. The number of sulfone groups is 1. The summed E-state index contributed by atoms with van der Waals surface area (Å²) in [6.07, 6.45) is 0. The summed E-state index contributed by atoms with van der Waals surface area (Å²) >= 11 is 9.23. The van der Waals surface area contributed by atoms with Gasteiger partial charge in [-0.05, 0) is 48.5 Å². The highest BCUT2D eigenvalue weighted by molar-refractivity contribution is 9.10. The van der Waals surface area contributed by atoms with E-state index >= 15 is 0 Å². The molecule has 0 fully saturated rings. The summed E-state index contributed by atoms with van der Waals surface area (Å²) in [6, 6.07) is 15.4. The molecule has 0 aliphatic rings. The highest BCUT2D eigenvalue weighted by atomic mass is 79.9. The molecular weight excluding hydrogens is 430 g/mol. The van der Waals surface area contributed by atoms with Crippen LogP contribution in [0.5, 0.6) is 0 Å². The SMILES string of the molecule is O=C(Nc1ccccc1Cl)c1ccc(S(=O)(=O)c2ccc(Br)cc2)o1. The van der Waals surface area contributed by atoms with Gasteiger partial charge in [0.2, 0.25) is 14.9 Å². The van der Waals surface area contributed by atoms with Gasteiger partial charge in [-0.1, -0.05) is 39.7 Å². The maximum Gasteiger partial charge on any atom is 0.291 e. The van der Waals surface area contributed by atoms with Crippen molar-refractivity contribution < 1.29 is 17.6 Å². The second-order valence-electron chi connectivity index (χ2n) is 5.01. The van der Waals surface area contributed by atoms with Crippen molar-refractivity contribution >= 4 is 49.0 Å². The zero-order valence-electron chi connectivity index (χ0n) is 12.6. The van der Waals surface area contributed by atoms with Crippen LogP contribution in [-0.4, -0.2) is 14.3 Å². The summed E-state index contributed by atoms with van der Waals surface area (Å²) in [6.45, 7) is 0. The number of nitrogens with one attached hydrogen (secondary N) is 1. The van der Waals surface area contributed by atoms with Crippen LogP contribution in [-0.2, 0) is 9.84 Å². The van der Waals surface area contributed by atoms with E-state index in [0.717, 1.165) is 4.47 Å². The molecule has 25 heavy (non-hydrogen) atoms. The third-order valence-electron chi connectivity index (χ3n) is 3.32. The number of anilines is 1.